The molecule has 0 bridgehead atoms. The lowest BCUT2D eigenvalue weighted by Gasteiger charge is -2.10. The Kier molecular flexibility index (Phi) is 5.52. The van der Waals surface area contributed by atoms with E-state index in [2.05, 4.69) is 0 Å². The highest BCUT2D eigenvalue weighted by Crippen LogP contribution is 2.12. The summed E-state index contributed by atoms with van der Waals surface area (Å²) in [6.07, 6.45) is 3.01. The quantitative estimate of drug-likeness (QED) is 0.782. The molecule has 0 radical (unpaired) electrons. The third-order valence-electron chi connectivity index (χ3n) is 3.59. The fraction of sp³-hybridized carbons (Fsp3) is 0.438. The van der Waals surface area contributed by atoms with Crippen molar-refractivity contribution in [1.29, 1.82) is 0 Å². The largest absolute Gasteiger partial charge is 0.478 e. The predicted octanol–water partition coefficient (Wildman–Crippen LogP) is 2.47. The monoisotopic (exact) mass is 305 g/mol. The molecule has 1 aliphatic rings. The van der Waals surface area contributed by atoms with E-state index >= 15 is 0 Å². The molecule has 1 heterocycles. The van der Waals surface area contributed by atoms with Gasteiger partial charge in [-0.3, -0.25) is 4.79 Å². The number of hydrogen-bond donors (Lipinski definition) is 1. The summed E-state index contributed by atoms with van der Waals surface area (Å²) in [6, 6.07) is 6.88. The summed E-state index contributed by atoms with van der Waals surface area (Å²) in [7, 11) is 0. The lowest BCUT2D eigenvalue weighted by atomic mass is 10.0. The summed E-state index contributed by atoms with van der Waals surface area (Å²) in [5, 5.41) is 8.93. The fourth-order valence-electron chi connectivity index (χ4n) is 2.40. The Balaban J connectivity index is 1.67. The van der Waals surface area contributed by atoms with Gasteiger partial charge in [0.15, 0.2) is 0 Å². The van der Waals surface area contributed by atoms with Gasteiger partial charge in [-0.2, -0.15) is 0 Å². The number of aromatic carboxylic acids is 1. The molecule has 0 saturated carbocycles. The number of benzene rings is 1. The van der Waals surface area contributed by atoms with Gasteiger partial charge >= 0.3 is 12.1 Å². The van der Waals surface area contributed by atoms with Crippen molar-refractivity contribution in [3.8, 4) is 0 Å². The molecule has 6 heteroatoms. The number of hydrogen-bond acceptors (Lipinski definition) is 4. The van der Waals surface area contributed by atoms with E-state index in [1.165, 1.54) is 0 Å². The first-order valence-electron chi connectivity index (χ1n) is 7.37. The van der Waals surface area contributed by atoms with E-state index in [1.54, 1.807) is 18.2 Å². The normalized spacial score (nSPS) is 14.0. The third kappa shape index (κ3) is 4.31. The van der Waals surface area contributed by atoms with Crippen LogP contribution in [0.3, 0.4) is 0 Å². The van der Waals surface area contributed by atoms with Crippen LogP contribution in [0.15, 0.2) is 24.3 Å². The van der Waals surface area contributed by atoms with Crippen LogP contribution in [0.5, 0.6) is 0 Å². The van der Waals surface area contributed by atoms with Crippen molar-refractivity contribution in [2.24, 2.45) is 0 Å². The number of carboxylic acid groups (broad SMARTS) is 1. The summed E-state index contributed by atoms with van der Waals surface area (Å²) >= 11 is 0. The van der Waals surface area contributed by atoms with Gasteiger partial charge in [-0.15, -0.1) is 0 Å². The second kappa shape index (κ2) is 7.59. The van der Waals surface area contributed by atoms with Gasteiger partial charge in [-0.1, -0.05) is 18.6 Å². The third-order valence-corrected chi connectivity index (χ3v) is 3.59. The number of carbonyl (C=O) groups excluding carboxylic acids is 2. The molecule has 1 aliphatic heterocycles. The molecule has 0 aliphatic carbocycles. The van der Waals surface area contributed by atoms with Gasteiger partial charge in [0.1, 0.15) is 6.61 Å². The van der Waals surface area contributed by atoms with Crippen LogP contribution < -0.4 is 0 Å². The number of cyclic esters (lactones) is 1. The zero-order valence-electron chi connectivity index (χ0n) is 12.3. The van der Waals surface area contributed by atoms with Crippen molar-refractivity contribution in [3.63, 3.8) is 0 Å². The molecule has 1 aromatic rings. The lowest BCUT2D eigenvalue weighted by Crippen LogP contribution is -2.31. The second-order valence-corrected chi connectivity index (χ2v) is 5.23. The molecule has 0 unspecified atom stereocenters. The summed E-state index contributed by atoms with van der Waals surface area (Å²) in [5.41, 5.74) is 1.27. The Morgan fingerprint density at radius 2 is 2.05 bits per heavy atom. The predicted molar refractivity (Wildman–Crippen MR) is 78.6 cm³/mol. The number of carbonyl (C=O) groups is 3. The standard InChI is InChI=1S/C16H19NO5/c18-14(17-9-10-22-16(17)21)8-3-1-2-5-12-6-4-7-13(11-12)15(19)20/h4,6-7,11H,1-3,5,8-10H2,(H,19,20). The minimum atomic E-state index is -0.926. The number of amides is 2. The molecule has 0 spiro atoms. The summed E-state index contributed by atoms with van der Waals surface area (Å²) in [5.74, 6) is -1.11. The van der Waals surface area contributed by atoms with Gasteiger partial charge < -0.3 is 9.84 Å². The topological polar surface area (TPSA) is 83.9 Å². The first-order valence-corrected chi connectivity index (χ1v) is 7.37. The molecule has 1 fully saturated rings. The minimum Gasteiger partial charge on any atom is -0.478 e. The number of rotatable bonds is 7. The van der Waals surface area contributed by atoms with E-state index in [0.29, 0.717) is 24.9 Å². The van der Waals surface area contributed by atoms with Gasteiger partial charge in [-0.05, 0) is 37.0 Å². The van der Waals surface area contributed by atoms with E-state index in [-0.39, 0.29) is 12.5 Å². The highest BCUT2D eigenvalue weighted by Gasteiger charge is 2.27. The van der Waals surface area contributed by atoms with Crippen molar-refractivity contribution in [1.82, 2.24) is 4.90 Å². The van der Waals surface area contributed by atoms with E-state index in [1.807, 2.05) is 6.07 Å². The van der Waals surface area contributed by atoms with Gasteiger partial charge in [0.2, 0.25) is 5.91 Å². The average molecular weight is 305 g/mol. The Morgan fingerprint density at radius 3 is 2.73 bits per heavy atom. The molecule has 1 N–H and O–H groups in total. The van der Waals surface area contributed by atoms with E-state index in [0.717, 1.165) is 29.7 Å². The van der Waals surface area contributed by atoms with Crippen LogP contribution in [0.1, 0.15) is 41.6 Å². The van der Waals surface area contributed by atoms with Gasteiger partial charge in [0, 0.05) is 6.42 Å². The fourth-order valence-corrected chi connectivity index (χ4v) is 2.40. The van der Waals surface area contributed by atoms with Crippen molar-refractivity contribution < 1.29 is 24.2 Å². The molecule has 1 aromatic carbocycles. The first-order chi connectivity index (χ1) is 10.6. The summed E-state index contributed by atoms with van der Waals surface area (Å²) < 4.78 is 4.72. The maximum Gasteiger partial charge on any atom is 0.416 e. The number of ether oxygens (including phenoxy) is 1. The molecule has 2 amide bonds. The summed E-state index contributed by atoms with van der Waals surface area (Å²) in [6.45, 7) is 0.629. The minimum absolute atomic E-state index is 0.185. The van der Waals surface area contributed by atoms with E-state index in [9.17, 15) is 14.4 Å². The van der Waals surface area contributed by atoms with Gasteiger partial charge in [-0.25, -0.2) is 14.5 Å². The van der Waals surface area contributed by atoms with E-state index in [4.69, 9.17) is 9.84 Å². The number of imide groups is 1. The van der Waals surface area contributed by atoms with Crippen LogP contribution in [-0.2, 0) is 16.0 Å². The van der Waals surface area contributed by atoms with Crippen molar-refractivity contribution in [3.05, 3.63) is 35.4 Å². The number of aryl methyl sites for hydroxylation is 1. The van der Waals surface area contributed by atoms with Crippen molar-refractivity contribution in [2.45, 2.75) is 32.1 Å². The SMILES string of the molecule is O=C(O)c1cccc(CCCCCC(=O)N2CCOC2=O)c1. The Labute approximate surface area is 128 Å². The number of unbranched alkanes of at least 4 members (excludes halogenated alkanes) is 2. The molecule has 118 valence electrons. The Hall–Kier alpha value is -2.37. The molecule has 0 aromatic heterocycles. The maximum atomic E-state index is 11.8. The van der Waals surface area contributed by atoms with Crippen LogP contribution in [-0.4, -0.2) is 41.1 Å². The summed E-state index contributed by atoms with van der Waals surface area (Å²) in [4.78, 5) is 35.0. The molecular weight excluding hydrogens is 286 g/mol. The van der Waals surface area contributed by atoms with Crippen molar-refractivity contribution >= 4 is 18.0 Å². The first kappa shape index (κ1) is 16.0. The zero-order valence-corrected chi connectivity index (χ0v) is 12.3. The highest BCUT2D eigenvalue weighted by atomic mass is 16.6. The molecular formula is C16H19NO5. The average Bonchev–Trinajstić information content (AvgIpc) is 2.93. The maximum absolute atomic E-state index is 11.8. The van der Waals surface area contributed by atoms with E-state index < -0.39 is 12.1 Å². The van der Waals surface area contributed by atoms with Crippen LogP contribution in [0.25, 0.3) is 0 Å². The highest BCUT2D eigenvalue weighted by molar-refractivity contribution is 5.92. The van der Waals surface area contributed by atoms with Crippen LogP contribution in [0.4, 0.5) is 4.79 Å². The lowest BCUT2D eigenvalue weighted by molar-refractivity contribution is -0.127. The molecule has 6 nitrogen and oxygen atoms in total. The van der Waals surface area contributed by atoms with Gasteiger partial charge in [0.25, 0.3) is 0 Å². The van der Waals surface area contributed by atoms with Crippen molar-refractivity contribution in [2.75, 3.05) is 13.2 Å². The van der Waals surface area contributed by atoms with Crippen LogP contribution in [0, 0.1) is 0 Å². The van der Waals surface area contributed by atoms with Gasteiger partial charge in [0.05, 0.1) is 12.1 Å². The molecule has 1 saturated heterocycles. The number of nitrogens with zero attached hydrogens (tertiary/aromatic N) is 1. The Bertz CT molecular complexity index is 569. The van der Waals surface area contributed by atoms with Crippen LogP contribution in [0.2, 0.25) is 0 Å². The molecule has 0 atom stereocenters. The molecule has 22 heavy (non-hydrogen) atoms. The Morgan fingerprint density at radius 1 is 1.23 bits per heavy atom. The number of carboxylic acids is 1. The zero-order chi connectivity index (χ0) is 15.9. The molecule has 2 rings (SSSR count). The second-order valence-electron chi connectivity index (χ2n) is 5.23. The van der Waals surface area contributed by atoms with Crippen LogP contribution >= 0.6 is 0 Å². The smallest absolute Gasteiger partial charge is 0.416 e.